The Morgan fingerprint density at radius 2 is 1.64 bits per heavy atom. The Morgan fingerprint density at radius 3 is 2.38 bits per heavy atom. The third-order valence-electron chi connectivity index (χ3n) is 7.92. The predicted molar refractivity (Wildman–Crippen MR) is 162 cm³/mol. The van der Waals surface area contributed by atoms with Gasteiger partial charge in [-0.3, -0.25) is 19.8 Å². The number of carbonyl (C=O) groups excluding carboxylic acids is 1. The van der Waals surface area contributed by atoms with Crippen molar-refractivity contribution in [3.8, 4) is 28.1 Å². The van der Waals surface area contributed by atoms with Gasteiger partial charge >= 0.3 is 6.18 Å². The first-order valence-corrected chi connectivity index (χ1v) is 14.2. The van der Waals surface area contributed by atoms with E-state index in [1.165, 1.54) is 24.3 Å². The number of rotatable bonds is 7. The van der Waals surface area contributed by atoms with Crippen molar-refractivity contribution in [3.63, 3.8) is 0 Å². The number of benzene rings is 3. The number of methoxy groups -OCH3 is 1. The molecule has 1 aliphatic rings. The fourth-order valence-electron chi connectivity index (χ4n) is 5.55. The van der Waals surface area contributed by atoms with E-state index in [1.807, 2.05) is 28.7 Å². The maximum atomic E-state index is 13.5. The summed E-state index contributed by atoms with van der Waals surface area (Å²) in [4.78, 5) is 32.5. The molecule has 1 aliphatic heterocycles. The number of carbonyl (C=O) groups is 1. The number of hydrogen-bond donors (Lipinski definition) is 0. The molecule has 0 saturated carbocycles. The number of piperazine rings is 1. The molecule has 12 heteroatoms. The van der Waals surface area contributed by atoms with Crippen LogP contribution in [-0.2, 0) is 12.7 Å². The Balaban J connectivity index is 1.31. The van der Waals surface area contributed by atoms with E-state index in [2.05, 4.69) is 4.90 Å². The molecule has 1 saturated heterocycles. The van der Waals surface area contributed by atoms with E-state index >= 15 is 0 Å². The number of ether oxygens (including phenoxy) is 1. The number of nitrogens with zero attached hydrogens (tertiary/aromatic N) is 5. The zero-order valence-corrected chi connectivity index (χ0v) is 24.2. The topological polar surface area (TPSA) is 93.2 Å². The summed E-state index contributed by atoms with van der Waals surface area (Å²) >= 11 is 0. The minimum atomic E-state index is -4.46. The van der Waals surface area contributed by atoms with Crippen molar-refractivity contribution in [2.45, 2.75) is 12.7 Å². The first-order valence-electron chi connectivity index (χ1n) is 14.2. The lowest BCUT2D eigenvalue weighted by molar-refractivity contribution is -0.384. The van der Waals surface area contributed by atoms with Crippen LogP contribution in [0.3, 0.4) is 0 Å². The summed E-state index contributed by atoms with van der Waals surface area (Å²) in [5.74, 6) is 0.393. The van der Waals surface area contributed by atoms with Gasteiger partial charge in [0, 0.05) is 62.2 Å². The summed E-state index contributed by atoms with van der Waals surface area (Å²) in [7, 11) is 1.58. The van der Waals surface area contributed by atoms with E-state index in [-0.39, 0.29) is 17.2 Å². The van der Waals surface area contributed by atoms with Crippen molar-refractivity contribution in [2.75, 3.05) is 33.3 Å². The molecule has 0 spiro atoms. The van der Waals surface area contributed by atoms with Crippen molar-refractivity contribution >= 4 is 17.2 Å². The zero-order valence-electron chi connectivity index (χ0n) is 24.2. The van der Waals surface area contributed by atoms with Crippen LogP contribution in [0.5, 0.6) is 5.75 Å². The molecule has 1 fully saturated rings. The van der Waals surface area contributed by atoms with Crippen molar-refractivity contribution in [3.05, 3.63) is 118 Å². The summed E-state index contributed by atoms with van der Waals surface area (Å²) in [6.45, 7) is 2.38. The van der Waals surface area contributed by atoms with Crippen molar-refractivity contribution in [2.24, 2.45) is 0 Å². The molecule has 0 N–H and O–H groups in total. The molecule has 230 valence electrons. The molecular weight excluding hydrogens is 587 g/mol. The van der Waals surface area contributed by atoms with Gasteiger partial charge in [-0.05, 0) is 53.6 Å². The van der Waals surface area contributed by atoms with Crippen LogP contribution in [-0.4, -0.2) is 63.3 Å². The molecule has 0 unspecified atom stereocenters. The van der Waals surface area contributed by atoms with E-state index in [0.29, 0.717) is 60.9 Å². The van der Waals surface area contributed by atoms with Gasteiger partial charge in [-0.15, -0.1) is 0 Å². The monoisotopic (exact) mass is 615 g/mol. The lowest BCUT2D eigenvalue weighted by Crippen LogP contribution is -2.48. The summed E-state index contributed by atoms with van der Waals surface area (Å²) in [5, 5.41) is 11.2. The summed E-state index contributed by atoms with van der Waals surface area (Å²) in [5.41, 5.74) is 3.46. The lowest BCUT2D eigenvalue weighted by atomic mass is 10.0. The third-order valence-corrected chi connectivity index (χ3v) is 7.92. The number of fused-ring (bicyclic) bond motifs is 1. The minimum Gasteiger partial charge on any atom is -0.497 e. The van der Waals surface area contributed by atoms with Crippen LogP contribution in [0.25, 0.3) is 28.0 Å². The average molecular weight is 616 g/mol. The van der Waals surface area contributed by atoms with Crippen LogP contribution in [0.2, 0.25) is 0 Å². The van der Waals surface area contributed by atoms with E-state index in [0.717, 1.165) is 23.4 Å². The van der Waals surface area contributed by atoms with Gasteiger partial charge in [-0.25, -0.2) is 4.98 Å². The predicted octanol–water partition coefficient (Wildman–Crippen LogP) is 6.56. The van der Waals surface area contributed by atoms with Crippen LogP contribution in [0, 0.1) is 10.1 Å². The minimum absolute atomic E-state index is 0.137. The average Bonchev–Trinajstić information content (AvgIpc) is 3.42. The molecule has 6 rings (SSSR count). The molecule has 0 bridgehead atoms. The van der Waals surface area contributed by atoms with E-state index in [1.54, 1.807) is 42.5 Å². The molecule has 0 atom stereocenters. The lowest BCUT2D eigenvalue weighted by Gasteiger charge is -2.34. The van der Waals surface area contributed by atoms with Crippen LogP contribution >= 0.6 is 0 Å². The van der Waals surface area contributed by atoms with Gasteiger partial charge in [-0.1, -0.05) is 30.3 Å². The number of pyridine rings is 1. The zero-order chi connectivity index (χ0) is 31.7. The van der Waals surface area contributed by atoms with Gasteiger partial charge in [0.05, 0.1) is 29.0 Å². The molecule has 0 radical (unpaired) electrons. The molecule has 3 aromatic carbocycles. The maximum Gasteiger partial charge on any atom is 0.416 e. The first kappa shape index (κ1) is 29.8. The first-order chi connectivity index (χ1) is 21.6. The highest BCUT2D eigenvalue weighted by Gasteiger charge is 2.31. The molecule has 1 amide bonds. The highest BCUT2D eigenvalue weighted by molar-refractivity contribution is 5.95. The number of nitro groups is 1. The number of amides is 1. The van der Waals surface area contributed by atoms with Gasteiger partial charge < -0.3 is 14.0 Å². The molecule has 3 heterocycles. The quantitative estimate of drug-likeness (QED) is 0.152. The van der Waals surface area contributed by atoms with Crippen LogP contribution < -0.4 is 4.74 Å². The molecule has 9 nitrogen and oxygen atoms in total. The summed E-state index contributed by atoms with van der Waals surface area (Å²) < 4.78 is 47.7. The Hall–Kier alpha value is -5.23. The summed E-state index contributed by atoms with van der Waals surface area (Å²) in [6.07, 6.45) is -2.66. The largest absolute Gasteiger partial charge is 0.497 e. The molecule has 5 aromatic rings. The number of hydrogen-bond acceptors (Lipinski definition) is 6. The normalized spacial score (nSPS) is 14.1. The Labute approximate surface area is 256 Å². The molecule has 2 aromatic heterocycles. The SMILES string of the molecule is COc1cccc(-c2nc3ccc(-c4cccc(C(F)(F)F)c4)cn3c2CN2CCN(C(=O)c3cccc([N+](=O)[O-])c3)CC2)c1. The van der Waals surface area contributed by atoms with Crippen molar-refractivity contribution in [1.29, 1.82) is 0 Å². The standard InChI is InChI=1S/C33H28F3N5O4/c1-45-28-10-4-6-23(19-28)31-29(21-38-13-15-39(16-14-38)32(42)24-7-3-9-27(18-24)41(43)44)40-20-25(11-12-30(40)37-31)22-5-2-8-26(17-22)33(34,35)36/h2-12,17-20H,13-16,21H2,1H3. The third kappa shape index (κ3) is 6.22. The number of non-ortho nitro benzene ring substituents is 1. The van der Waals surface area contributed by atoms with Crippen LogP contribution in [0.1, 0.15) is 21.6 Å². The van der Waals surface area contributed by atoms with Gasteiger partial charge in [0.25, 0.3) is 11.6 Å². The number of aromatic nitrogens is 2. The fraction of sp³-hybridized carbons (Fsp3) is 0.212. The molecule has 0 aliphatic carbocycles. The molecular formula is C33H28F3N5O4. The van der Waals surface area contributed by atoms with Gasteiger partial charge in [-0.2, -0.15) is 13.2 Å². The number of imidazole rings is 1. The van der Waals surface area contributed by atoms with E-state index in [9.17, 15) is 28.1 Å². The maximum absolute atomic E-state index is 13.5. The van der Waals surface area contributed by atoms with E-state index in [4.69, 9.17) is 9.72 Å². The van der Waals surface area contributed by atoms with Crippen LogP contribution in [0.4, 0.5) is 18.9 Å². The Bertz CT molecular complexity index is 1900. The van der Waals surface area contributed by atoms with E-state index < -0.39 is 16.7 Å². The highest BCUT2D eigenvalue weighted by Crippen LogP contribution is 2.34. The Kier molecular flexibility index (Phi) is 7.98. The number of alkyl halides is 3. The second-order valence-corrected chi connectivity index (χ2v) is 10.7. The van der Waals surface area contributed by atoms with Crippen LogP contribution in [0.15, 0.2) is 91.1 Å². The van der Waals surface area contributed by atoms with Crippen molar-refractivity contribution in [1.82, 2.24) is 19.2 Å². The van der Waals surface area contributed by atoms with Gasteiger partial charge in [0.2, 0.25) is 0 Å². The van der Waals surface area contributed by atoms with Crippen molar-refractivity contribution < 1.29 is 27.6 Å². The second kappa shape index (κ2) is 12.0. The Morgan fingerprint density at radius 1 is 0.911 bits per heavy atom. The number of nitro benzene ring substituents is 1. The fourth-order valence-corrected chi connectivity index (χ4v) is 5.55. The summed E-state index contributed by atoms with van der Waals surface area (Å²) in [6, 6.07) is 22.0. The second-order valence-electron chi connectivity index (χ2n) is 10.7. The smallest absolute Gasteiger partial charge is 0.416 e. The van der Waals surface area contributed by atoms with Gasteiger partial charge in [0.1, 0.15) is 11.4 Å². The number of halogens is 3. The molecule has 45 heavy (non-hydrogen) atoms. The highest BCUT2D eigenvalue weighted by atomic mass is 19.4. The van der Waals surface area contributed by atoms with Gasteiger partial charge in [0.15, 0.2) is 0 Å².